The largest absolute Gasteiger partial charge is 0.470 e. The molecule has 0 saturated carbocycles. The number of nitrogens with one attached hydrogen (secondary N) is 2. The number of anilines is 1. The zero-order valence-electron chi connectivity index (χ0n) is 15.9. The van der Waals surface area contributed by atoms with Gasteiger partial charge in [0.2, 0.25) is 11.8 Å². The van der Waals surface area contributed by atoms with Crippen molar-refractivity contribution in [3.05, 3.63) is 42.2 Å². The van der Waals surface area contributed by atoms with E-state index in [1.807, 2.05) is 30.3 Å². The molecule has 2 N–H and O–H groups in total. The number of hydrogen-bond donors (Lipinski definition) is 2. The summed E-state index contributed by atoms with van der Waals surface area (Å²) in [4.78, 5) is 28.2. The molecule has 2 fully saturated rings. The van der Waals surface area contributed by atoms with Crippen LogP contribution in [-0.4, -0.2) is 52.6 Å². The Morgan fingerprint density at radius 2 is 2.14 bits per heavy atom. The molecule has 4 heterocycles. The number of nitrogens with zero attached hydrogens (tertiary/aromatic N) is 4. The van der Waals surface area contributed by atoms with E-state index in [1.165, 1.54) is 17.7 Å². The average molecular weight is 411 g/mol. The zero-order chi connectivity index (χ0) is 19.6. The lowest BCUT2D eigenvalue weighted by molar-refractivity contribution is -0.122. The molecule has 2 aromatic heterocycles. The van der Waals surface area contributed by atoms with E-state index in [0.29, 0.717) is 18.1 Å². The second-order valence-electron chi connectivity index (χ2n) is 7.28. The maximum Gasteiger partial charge on any atom is 0.243 e. The third-order valence-electron chi connectivity index (χ3n) is 5.28. The third-order valence-corrected chi connectivity index (χ3v) is 6.35. The molecule has 29 heavy (non-hydrogen) atoms. The molecule has 1 atom stereocenters. The SMILES string of the molecule is O=C(NCc1ccccc1)[C@H]1CCCN1c1nc2ncnc(OC3CNC3)c2s1. The van der Waals surface area contributed by atoms with Crippen LogP contribution in [0.4, 0.5) is 5.13 Å². The number of hydrogen-bond acceptors (Lipinski definition) is 8. The van der Waals surface area contributed by atoms with Crippen LogP contribution in [0.2, 0.25) is 0 Å². The Hall–Kier alpha value is -2.78. The normalized spacial score (nSPS) is 19.3. The second kappa shape index (κ2) is 7.92. The van der Waals surface area contributed by atoms with E-state index < -0.39 is 0 Å². The summed E-state index contributed by atoms with van der Waals surface area (Å²) in [5, 5.41) is 7.05. The molecule has 2 aliphatic heterocycles. The number of carbonyl (C=O) groups is 1. The summed E-state index contributed by atoms with van der Waals surface area (Å²) in [5.74, 6) is 0.614. The van der Waals surface area contributed by atoms with Gasteiger partial charge < -0.3 is 20.3 Å². The Balaban J connectivity index is 1.33. The first-order valence-electron chi connectivity index (χ1n) is 9.85. The van der Waals surface area contributed by atoms with Gasteiger partial charge in [0.25, 0.3) is 0 Å². The number of carbonyl (C=O) groups excluding carboxylic acids is 1. The second-order valence-corrected chi connectivity index (χ2v) is 8.26. The number of fused-ring (bicyclic) bond motifs is 1. The summed E-state index contributed by atoms with van der Waals surface area (Å²) >= 11 is 1.50. The molecule has 2 aliphatic rings. The number of thiazole rings is 1. The maximum atomic E-state index is 12.8. The van der Waals surface area contributed by atoms with Crippen molar-refractivity contribution in [2.24, 2.45) is 0 Å². The fraction of sp³-hybridized carbons (Fsp3) is 0.400. The average Bonchev–Trinajstić information content (AvgIpc) is 3.36. The Morgan fingerprint density at radius 1 is 1.28 bits per heavy atom. The predicted octanol–water partition coefficient (Wildman–Crippen LogP) is 1.72. The van der Waals surface area contributed by atoms with Crippen LogP contribution < -0.4 is 20.3 Å². The zero-order valence-corrected chi connectivity index (χ0v) is 16.7. The van der Waals surface area contributed by atoms with E-state index in [4.69, 9.17) is 4.74 Å². The van der Waals surface area contributed by atoms with E-state index in [9.17, 15) is 4.79 Å². The predicted molar refractivity (Wildman–Crippen MR) is 111 cm³/mol. The van der Waals surface area contributed by atoms with E-state index in [-0.39, 0.29) is 18.1 Å². The standard InChI is InChI=1S/C20H22N6O2S/c27-18(22-9-13-5-2-1-3-6-13)15-7-4-8-26(15)20-25-17-16(29-20)19(24-12-23-17)28-14-10-21-11-14/h1-3,5-6,12,14-15,21H,4,7-11H2,(H,22,27)/t15-/m1/s1. The molecule has 9 heteroatoms. The minimum atomic E-state index is -0.215. The van der Waals surface area contributed by atoms with Gasteiger partial charge in [-0.05, 0) is 18.4 Å². The van der Waals surface area contributed by atoms with Gasteiger partial charge in [0.05, 0.1) is 0 Å². The molecule has 2 saturated heterocycles. The highest BCUT2D eigenvalue weighted by molar-refractivity contribution is 7.22. The fourth-order valence-corrected chi connectivity index (χ4v) is 4.63. The van der Waals surface area contributed by atoms with Crippen LogP contribution in [0.15, 0.2) is 36.7 Å². The van der Waals surface area contributed by atoms with Crippen molar-refractivity contribution in [2.45, 2.75) is 31.5 Å². The molecule has 150 valence electrons. The van der Waals surface area contributed by atoms with Gasteiger partial charge in [-0.15, -0.1) is 0 Å². The Morgan fingerprint density at radius 3 is 2.93 bits per heavy atom. The monoisotopic (exact) mass is 410 g/mol. The first-order valence-corrected chi connectivity index (χ1v) is 10.7. The summed E-state index contributed by atoms with van der Waals surface area (Å²) in [6.45, 7) is 2.99. The number of benzene rings is 1. The molecule has 5 rings (SSSR count). The van der Waals surface area contributed by atoms with E-state index in [0.717, 1.165) is 47.9 Å². The highest BCUT2D eigenvalue weighted by Gasteiger charge is 2.33. The van der Waals surface area contributed by atoms with Crippen LogP contribution in [0.1, 0.15) is 18.4 Å². The van der Waals surface area contributed by atoms with Crippen LogP contribution in [0.3, 0.4) is 0 Å². The Bertz CT molecular complexity index is 1010. The van der Waals surface area contributed by atoms with Gasteiger partial charge in [-0.3, -0.25) is 4.79 Å². The summed E-state index contributed by atoms with van der Waals surface area (Å²) < 4.78 is 6.80. The number of amides is 1. The van der Waals surface area contributed by atoms with Gasteiger partial charge in [0.1, 0.15) is 23.2 Å². The highest BCUT2D eigenvalue weighted by atomic mass is 32.1. The molecular weight excluding hydrogens is 388 g/mol. The fourth-order valence-electron chi connectivity index (χ4n) is 3.60. The lowest BCUT2D eigenvalue weighted by Gasteiger charge is -2.27. The first-order chi connectivity index (χ1) is 14.3. The first kappa shape index (κ1) is 18.3. The molecule has 0 spiro atoms. The van der Waals surface area contributed by atoms with Gasteiger partial charge in [-0.1, -0.05) is 41.7 Å². The summed E-state index contributed by atoms with van der Waals surface area (Å²) in [5.41, 5.74) is 1.71. The van der Waals surface area contributed by atoms with Crippen LogP contribution in [-0.2, 0) is 11.3 Å². The van der Waals surface area contributed by atoms with Crippen LogP contribution in [0, 0.1) is 0 Å². The lowest BCUT2D eigenvalue weighted by Crippen LogP contribution is -2.50. The van der Waals surface area contributed by atoms with Crippen LogP contribution >= 0.6 is 11.3 Å². The summed E-state index contributed by atoms with van der Waals surface area (Å²) in [6, 6.07) is 9.73. The topological polar surface area (TPSA) is 92.3 Å². The van der Waals surface area contributed by atoms with Crippen molar-refractivity contribution in [1.29, 1.82) is 0 Å². The third kappa shape index (κ3) is 3.75. The van der Waals surface area contributed by atoms with Gasteiger partial charge in [-0.25, -0.2) is 9.97 Å². The van der Waals surface area contributed by atoms with Gasteiger partial charge in [0, 0.05) is 26.2 Å². The molecule has 0 aliphatic carbocycles. The Kier molecular flexibility index (Phi) is 4.99. The van der Waals surface area contributed by atoms with Gasteiger partial charge >= 0.3 is 0 Å². The quantitative estimate of drug-likeness (QED) is 0.639. The molecule has 1 aromatic carbocycles. The maximum absolute atomic E-state index is 12.8. The van der Waals surface area contributed by atoms with Crippen LogP contribution in [0.5, 0.6) is 5.88 Å². The van der Waals surface area contributed by atoms with Gasteiger partial charge in [0.15, 0.2) is 10.8 Å². The van der Waals surface area contributed by atoms with Crippen molar-refractivity contribution < 1.29 is 9.53 Å². The molecule has 8 nitrogen and oxygen atoms in total. The lowest BCUT2D eigenvalue weighted by atomic mass is 10.2. The van der Waals surface area contributed by atoms with Crippen molar-refractivity contribution >= 4 is 32.7 Å². The minimum Gasteiger partial charge on any atom is -0.470 e. The van der Waals surface area contributed by atoms with E-state index in [2.05, 4.69) is 30.5 Å². The molecule has 0 bridgehead atoms. The Labute approximate surface area is 172 Å². The molecule has 1 amide bonds. The smallest absolute Gasteiger partial charge is 0.243 e. The van der Waals surface area contributed by atoms with Crippen molar-refractivity contribution in [3.8, 4) is 5.88 Å². The summed E-state index contributed by atoms with van der Waals surface area (Å²) in [6.07, 6.45) is 3.41. The molecular formula is C20H22N6O2S. The molecule has 0 unspecified atom stereocenters. The highest BCUT2D eigenvalue weighted by Crippen LogP contribution is 2.36. The van der Waals surface area contributed by atoms with Crippen molar-refractivity contribution in [3.63, 3.8) is 0 Å². The van der Waals surface area contributed by atoms with E-state index >= 15 is 0 Å². The number of aromatic nitrogens is 3. The van der Waals surface area contributed by atoms with Gasteiger partial charge in [-0.2, -0.15) is 4.98 Å². The van der Waals surface area contributed by atoms with Crippen molar-refractivity contribution in [2.75, 3.05) is 24.5 Å². The van der Waals surface area contributed by atoms with Crippen molar-refractivity contribution in [1.82, 2.24) is 25.6 Å². The molecule has 0 radical (unpaired) electrons. The van der Waals surface area contributed by atoms with E-state index in [1.54, 1.807) is 0 Å². The minimum absolute atomic E-state index is 0.0358. The molecule has 3 aromatic rings. The summed E-state index contributed by atoms with van der Waals surface area (Å²) in [7, 11) is 0. The number of ether oxygens (including phenoxy) is 1. The number of rotatable bonds is 6. The van der Waals surface area contributed by atoms with Crippen LogP contribution in [0.25, 0.3) is 10.3 Å².